The molecule has 1 aliphatic rings. The summed E-state index contributed by atoms with van der Waals surface area (Å²) in [7, 11) is 0. The van der Waals surface area contributed by atoms with E-state index in [1.165, 1.54) is 5.56 Å². The van der Waals surface area contributed by atoms with Crippen molar-refractivity contribution in [2.75, 3.05) is 0 Å². The minimum atomic E-state index is -0.0272. The lowest BCUT2D eigenvalue weighted by Gasteiger charge is -2.25. The van der Waals surface area contributed by atoms with E-state index in [0.29, 0.717) is 0 Å². The number of imidazole rings is 1. The van der Waals surface area contributed by atoms with E-state index in [1.807, 2.05) is 20.0 Å². The highest BCUT2D eigenvalue weighted by molar-refractivity contribution is 6.05. The lowest BCUT2D eigenvalue weighted by molar-refractivity contribution is 0.393. The molecule has 0 saturated carbocycles. The predicted molar refractivity (Wildman–Crippen MR) is 146 cm³/mol. The van der Waals surface area contributed by atoms with Crippen molar-refractivity contribution < 1.29 is 4.52 Å². The normalized spacial score (nSPS) is 14.1. The molecule has 3 heterocycles. The van der Waals surface area contributed by atoms with Crippen LogP contribution >= 0.6 is 0 Å². The second-order valence-corrected chi connectivity index (χ2v) is 10.6. The molecule has 1 aliphatic carbocycles. The highest BCUT2D eigenvalue weighted by Gasteiger charge is 2.24. The Morgan fingerprint density at radius 2 is 1.81 bits per heavy atom. The third kappa shape index (κ3) is 3.58. The number of allylic oxidation sites excluding steroid dienone is 4. The van der Waals surface area contributed by atoms with Gasteiger partial charge in [-0.1, -0.05) is 68.4 Å². The molecule has 0 aliphatic heterocycles. The second kappa shape index (κ2) is 8.30. The number of fused-ring (bicyclic) bond motifs is 3. The van der Waals surface area contributed by atoms with Crippen LogP contribution in [0.15, 0.2) is 71.4 Å². The number of pyridine rings is 1. The first kappa shape index (κ1) is 22.5. The maximum atomic E-state index is 5.43. The molecule has 0 atom stereocenters. The van der Waals surface area contributed by atoms with Crippen LogP contribution in [0.2, 0.25) is 0 Å². The van der Waals surface area contributed by atoms with E-state index in [4.69, 9.17) is 14.5 Å². The van der Waals surface area contributed by atoms with Gasteiger partial charge in [0.2, 0.25) is 0 Å². The van der Waals surface area contributed by atoms with E-state index in [2.05, 4.69) is 91.2 Å². The lowest BCUT2D eigenvalue weighted by atomic mass is 9.85. The number of para-hydroxylation sites is 1. The van der Waals surface area contributed by atoms with Gasteiger partial charge in [0.25, 0.3) is 0 Å². The van der Waals surface area contributed by atoms with Gasteiger partial charge in [-0.05, 0) is 61.4 Å². The minimum absolute atomic E-state index is 0.0272. The molecule has 0 bridgehead atoms. The van der Waals surface area contributed by atoms with Gasteiger partial charge >= 0.3 is 0 Å². The molecular weight excluding hydrogens is 444 g/mol. The summed E-state index contributed by atoms with van der Waals surface area (Å²) < 4.78 is 7.77. The molecule has 0 spiro atoms. The molecule has 3 aromatic heterocycles. The van der Waals surface area contributed by atoms with Crippen molar-refractivity contribution >= 4 is 27.5 Å². The molecule has 2 aromatic carbocycles. The van der Waals surface area contributed by atoms with Crippen LogP contribution in [0, 0.1) is 13.8 Å². The molecule has 0 unspecified atom stereocenters. The molecule has 0 amide bonds. The van der Waals surface area contributed by atoms with Gasteiger partial charge in [0.1, 0.15) is 17.1 Å². The molecule has 5 heteroatoms. The predicted octanol–water partition coefficient (Wildman–Crippen LogP) is 7.88. The van der Waals surface area contributed by atoms with Gasteiger partial charge in [-0.3, -0.25) is 9.55 Å². The maximum Gasteiger partial charge on any atom is 0.145 e. The Morgan fingerprint density at radius 1 is 0.972 bits per heavy atom. The van der Waals surface area contributed by atoms with Crippen molar-refractivity contribution in [1.29, 1.82) is 0 Å². The Kier molecular flexibility index (Phi) is 5.18. The van der Waals surface area contributed by atoms with Crippen LogP contribution in [0.4, 0.5) is 0 Å². The highest BCUT2D eigenvalue weighted by Crippen LogP contribution is 2.37. The number of aryl methyl sites for hydroxylation is 2. The number of nitrogens with zero attached hydrogens (tertiary/aromatic N) is 4. The first-order valence-corrected chi connectivity index (χ1v) is 12.5. The first-order chi connectivity index (χ1) is 17.3. The zero-order valence-corrected chi connectivity index (χ0v) is 21.5. The zero-order chi connectivity index (χ0) is 25.0. The summed E-state index contributed by atoms with van der Waals surface area (Å²) in [5.41, 5.74) is 9.44. The summed E-state index contributed by atoms with van der Waals surface area (Å²) in [6.45, 7) is 10.7. The average molecular weight is 475 g/mol. The van der Waals surface area contributed by atoms with Crippen molar-refractivity contribution in [1.82, 2.24) is 19.7 Å². The molecule has 0 fully saturated rings. The SMILES string of the molecule is Cc1noc(C)c1-c1ccc2c(c1)ncc1nc(C3=CCCC=C3)n(-c3ccccc3C(C)(C)C)c12. The Balaban J connectivity index is 1.69. The van der Waals surface area contributed by atoms with Crippen LogP contribution in [0.1, 0.15) is 56.5 Å². The van der Waals surface area contributed by atoms with Crippen molar-refractivity contribution in [3.63, 3.8) is 0 Å². The zero-order valence-electron chi connectivity index (χ0n) is 21.5. The molecule has 5 aromatic rings. The summed E-state index contributed by atoms with van der Waals surface area (Å²) >= 11 is 0. The smallest absolute Gasteiger partial charge is 0.145 e. The van der Waals surface area contributed by atoms with Crippen LogP contribution < -0.4 is 0 Å². The number of hydrogen-bond acceptors (Lipinski definition) is 4. The van der Waals surface area contributed by atoms with Gasteiger partial charge in [0.15, 0.2) is 0 Å². The summed E-state index contributed by atoms with van der Waals surface area (Å²) in [4.78, 5) is 9.98. The Bertz CT molecular complexity index is 1670. The van der Waals surface area contributed by atoms with E-state index in [0.717, 1.165) is 74.4 Å². The molecule has 6 rings (SSSR count). The number of rotatable bonds is 3. The standard InChI is InChI=1S/C31H30N4O/c1-19-28(20(2)36-34-19)22-15-16-23-25(17-22)32-18-26-29(23)35(30(33-26)21-11-7-6-8-12-21)27-14-10-9-13-24(27)31(3,4)5/h7,9-18H,6,8H2,1-5H3. The molecule has 5 nitrogen and oxygen atoms in total. The van der Waals surface area contributed by atoms with Crippen LogP contribution in [-0.2, 0) is 5.41 Å². The van der Waals surface area contributed by atoms with Gasteiger partial charge in [-0.2, -0.15) is 0 Å². The van der Waals surface area contributed by atoms with Crippen molar-refractivity contribution in [3.05, 3.63) is 89.7 Å². The molecule has 0 radical (unpaired) electrons. The summed E-state index contributed by atoms with van der Waals surface area (Å²) in [5.74, 6) is 1.78. The monoisotopic (exact) mass is 474 g/mol. The third-order valence-corrected chi connectivity index (χ3v) is 7.01. The average Bonchev–Trinajstić information content (AvgIpc) is 3.43. The quantitative estimate of drug-likeness (QED) is 0.267. The highest BCUT2D eigenvalue weighted by atomic mass is 16.5. The van der Waals surface area contributed by atoms with Gasteiger partial charge in [0, 0.05) is 16.5 Å². The summed E-state index contributed by atoms with van der Waals surface area (Å²) in [6.07, 6.45) is 10.7. The van der Waals surface area contributed by atoms with E-state index >= 15 is 0 Å². The lowest BCUT2D eigenvalue weighted by Crippen LogP contribution is -2.16. The Morgan fingerprint density at radius 3 is 2.53 bits per heavy atom. The maximum absolute atomic E-state index is 5.43. The summed E-state index contributed by atoms with van der Waals surface area (Å²) in [5, 5.41) is 5.22. The van der Waals surface area contributed by atoms with Crippen LogP contribution in [-0.4, -0.2) is 19.7 Å². The molecule has 180 valence electrons. The van der Waals surface area contributed by atoms with Crippen molar-refractivity contribution in [3.8, 4) is 16.8 Å². The van der Waals surface area contributed by atoms with Crippen LogP contribution in [0.3, 0.4) is 0 Å². The van der Waals surface area contributed by atoms with E-state index in [9.17, 15) is 0 Å². The Hall–Kier alpha value is -3.99. The molecule has 0 saturated heterocycles. The fraction of sp³-hybridized carbons (Fsp3) is 0.258. The first-order valence-electron chi connectivity index (χ1n) is 12.5. The molecular formula is C31H30N4O. The fourth-order valence-electron chi connectivity index (χ4n) is 5.32. The molecule has 0 N–H and O–H groups in total. The van der Waals surface area contributed by atoms with E-state index in [1.54, 1.807) is 0 Å². The third-order valence-electron chi connectivity index (χ3n) is 7.01. The largest absolute Gasteiger partial charge is 0.361 e. The number of hydrogen-bond donors (Lipinski definition) is 0. The number of aromatic nitrogens is 4. The topological polar surface area (TPSA) is 56.7 Å². The summed E-state index contributed by atoms with van der Waals surface area (Å²) in [6, 6.07) is 15.1. The van der Waals surface area contributed by atoms with Crippen LogP contribution in [0.25, 0.3) is 44.3 Å². The second-order valence-electron chi connectivity index (χ2n) is 10.6. The van der Waals surface area contributed by atoms with E-state index in [-0.39, 0.29) is 5.41 Å². The van der Waals surface area contributed by atoms with Gasteiger partial charge in [0.05, 0.1) is 28.6 Å². The van der Waals surface area contributed by atoms with Crippen molar-refractivity contribution in [2.24, 2.45) is 0 Å². The van der Waals surface area contributed by atoms with Crippen molar-refractivity contribution in [2.45, 2.75) is 52.9 Å². The number of benzene rings is 2. The minimum Gasteiger partial charge on any atom is -0.361 e. The fourth-order valence-corrected chi connectivity index (χ4v) is 5.32. The van der Waals surface area contributed by atoms with E-state index < -0.39 is 0 Å². The van der Waals surface area contributed by atoms with Crippen LogP contribution in [0.5, 0.6) is 0 Å². The Labute approximate surface area is 211 Å². The van der Waals surface area contributed by atoms with Gasteiger partial charge < -0.3 is 4.52 Å². The molecule has 36 heavy (non-hydrogen) atoms. The van der Waals surface area contributed by atoms with Gasteiger partial charge in [-0.15, -0.1) is 0 Å². The van der Waals surface area contributed by atoms with Gasteiger partial charge in [-0.25, -0.2) is 4.98 Å².